The Hall–Kier alpha value is -1.84. The van der Waals surface area contributed by atoms with E-state index >= 15 is 0 Å². The molecule has 2 rings (SSSR count). The summed E-state index contributed by atoms with van der Waals surface area (Å²) in [5.74, 6) is 0.00356. The highest BCUT2D eigenvalue weighted by Gasteiger charge is 2.38. The number of aryl methyl sites for hydroxylation is 1. The van der Waals surface area contributed by atoms with Gasteiger partial charge in [0.2, 0.25) is 11.8 Å². The molecular weight excluding hydrogens is 264 g/mol. The second kappa shape index (κ2) is 6.74. The van der Waals surface area contributed by atoms with Crippen LogP contribution in [0.5, 0.6) is 0 Å². The molecule has 0 aromatic heterocycles. The van der Waals surface area contributed by atoms with Gasteiger partial charge in [-0.05, 0) is 25.3 Å². The van der Waals surface area contributed by atoms with Gasteiger partial charge < -0.3 is 10.2 Å². The maximum absolute atomic E-state index is 12.4. The SMILES string of the molecule is CCCNC(=O)C1CCC(=O)N(C)C1c1ccc(C)cc1. The molecule has 21 heavy (non-hydrogen) atoms. The molecular formula is C17H24N2O2. The predicted octanol–water partition coefficient (Wildman–Crippen LogP) is 2.43. The molecule has 4 heteroatoms. The van der Waals surface area contributed by atoms with Crippen molar-refractivity contribution < 1.29 is 9.59 Å². The maximum atomic E-state index is 12.4. The Morgan fingerprint density at radius 3 is 2.62 bits per heavy atom. The predicted molar refractivity (Wildman–Crippen MR) is 82.7 cm³/mol. The van der Waals surface area contributed by atoms with Gasteiger partial charge in [0, 0.05) is 20.0 Å². The number of amides is 2. The van der Waals surface area contributed by atoms with Gasteiger partial charge in [-0.1, -0.05) is 36.8 Å². The third kappa shape index (κ3) is 3.43. The standard InChI is InChI=1S/C17H24N2O2/c1-4-11-18-17(21)14-9-10-15(20)19(3)16(14)13-7-5-12(2)6-8-13/h5-8,14,16H,4,9-11H2,1-3H3,(H,18,21). The van der Waals surface area contributed by atoms with E-state index in [1.807, 2.05) is 38.1 Å². The van der Waals surface area contributed by atoms with Crippen molar-refractivity contribution in [3.8, 4) is 0 Å². The molecule has 2 amide bonds. The fourth-order valence-corrected chi connectivity index (χ4v) is 2.91. The molecule has 0 aliphatic carbocycles. The van der Waals surface area contributed by atoms with Gasteiger partial charge >= 0.3 is 0 Å². The molecule has 1 aliphatic heterocycles. The Bertz CT molecular complexity index is 510. The molecule has 1 heterocycles. The summed E-state index contributed by atoms with van der Waals surface area (Å²) < 4.78 is 0. The van der Waals surface area contributed by atoms with Crippen LogP contribution in [0.25, 0.3) is 0 Å². The number of hydrogen-bond acceptors (Lipinski definition) is 2. The summed E-state index contributed by atoms with van der Waals surface area (Å²) in [5.41, 5.74) is 2.21. The van der Waals surface area contributed by atoms with Gasteiger partial charge in [0.05, 0.1) is 12.0 Å². The normalized spacial score (nSPS) is 22.2. The summed E-state index contributed by atoms with van der Waals surface area (Å²) in [6.45, 7) is 4.76. The molecule has 1 aromatic rings. The van der Waals surface area contributed by atoms with E-state index in [1.54, 1.807) is 11.9 Å². The lowest BCUT2D eigenvalue weighted by Crippen LogP contribution is -2.46. The van der Waals surface area contributed by atoms with Crippen molar-refractivity contribution in [2.75, 3.05) is 13.6 Å². The highest BCUT2D eigenvalue weighted by molar-refractivity contribution is 5.84. The van der Waals surface area contributed by atoms with Gasteiger partial charge in [-0.3, -0.25) is 9.59 Å². The third-order valence-electron chi connectivity index (χ3n) is 4.17. The van der Waals surface area contributed by atoms with E-state index in [9.17, 15) is 9.59 Å². The first-order valence-corrected chi connectivity index (χ1v) is 7.64. The summed E-state index contributed by atoms with van der Waals surface area (Å²) in [6, 6.07) is 7.94. The van der Waals surface area contributed by atoms with E-state index in [0.717, 1.165) is 12.0 Å². The van der Waals surface area contributed by atoms with E-state index in [-0.39, 0.29) is 23.8 Å². The van der Waals surface area contributed by atoms with Crippen LogP contribution in [0.15, 0.2) is 24.3 Å². The number of hydrogen-bond donors (Lipinski definition) is 1. The minimum absolute atomic E-state index is 0.0572. The zero-order chi connectivity index (χ0) is 15.4. The summed E-state index contributed by atoms with van der Waals surface area (Å²) >= 11 is 0. The molecule has 1 saturated heterocycles. The first-order valence-electron chi connectivity index (χ1n) is 7.64. The largest absolute Gasteiger partial charge is 0.356 e. The maximum Gasteiger partial charge on any atom is 0.225 e. The topological polar surface area (TPSA) is 49.4 Å². The smallest absolute Gasteiger partial charge is 0.225 e. The molecule has 0 bridgehead atoms. The minimum Gasteiger partial charge on any atom is -0.356 e. The van der Waals surface area contributed by atoms with Crippen LogP contribution < -0.4 is 5.32 Å². The van der Waals surface area contributed by atoms with Crippen LogP contribution in [0, 0.1) is 12.8 Å². The Morgan fingerprint density at radius 1 is 1.33 bits per heavy atom. The fourth-order valence-electron chi connectivity index (χ4n) is 2.91. The number of likely N-dealkylation sites (tertiary alicyclic amines) is 1. The number of nitrogens with zero attached hydrogens (tertiary/aromatic N) is 1. The third-order valence-corrected chi connectivity index (χ3v) is 4.17. The number of piperidine rings is 1. The average molecular weight is 288 g/mol. The first kappa shape index (κ1) is 15.5. The molecule has 1 aliphatic rings. The summed E-state index contributed by atoms with van der Waals surface area (Å²) in [5, 5.41) is 2.97. The number of carbonyl (C=O) groups is 2. The lowest BCUT2D eigenvalue weighted by Gasteiger charge is -2.38. The summed E-state index contributed by atoms with van der Waals surface area (Å²) in [4.78, 5) is 26.2. The molecule has 2 atom stereocenters. The van der Waals surface area contributed by atoms with Crippen LogP contribution in [0.2, 0.25) is 0 Å². The van der Waals surface area contributed by atoms with E-state index in [2.05, 4.69) is 5.32 Å². The Balaban J connectivity index is 2.26. The molecule has 0 saturated carbocycles. The van der Waals surface area contributed by atoms with Crippen LogP contribution in [-0.2, 0) is 9.59 Å². The van der Waals surface area contributed by atoms with Gasteiger partial charge in [0.1, 0.15) is 0 Å². The number of rotatable bonds is 4. The lowest BCUT2D eigenvalue weighted by atomic mass is 9.83. The highest BCUT2D eigenvalue weighted by atomic mass is 16.2. The monoisotopic (exact) mass is 288 g/mol. The van der Waals surface area contributed by atoms with Crippen molar-refractivity contribution in [1.29, 1.82) is 0 Å². The number of nitrogens with one attached hydrogen (secondary N) is 1. The quantitative estimate of drug-likeness (QED) is 0.925. The van der Waals surface area contributed by atoms with Gasteiger partial charge in [-0.2, -0.15) is 0 Å². The molecule has 2 unspecified atom stereocenters. The van der Waals surface area contributed by atoms with Crippen molar-refractivity contribution in [2.45, 2.75) is 39.2 Å². The van der Waals surface area contributed by atoms with Crippen molar-refractivity contribution in [2.24, 2.45) is 5.92 Å². The Morgan fingerprint density at radius 2 is 2.00 bits per heavy atom. The number of benzene rings is 1. The van der Waals surface area contributed by atoms with Crippen molar-refractivity contribution in [1.82, 2.24) is 10.2 Å². The number of carbonyl (C=O) groups excluding carboxylic acids is 2. The second-order valence-electron chi connectivity index (χ2n) is 5.80. The van der Waals surface area contributed by atoms with E-state index in [1.165, 1.54) is 5.56 Å². The van der Waals surface area contributed by atoms with Crippen molar-refractivity contribution >= 4 is 11.8 Å². The highest BCUT2D eigenvalue weighted by Crippen LogP contribution is 2.35. The van der Waals surface area contributed by atoms with Crippen LogP contribution in [0.1, 0.15) is 43.4 Å². The van der Waals surface area contributed by atoms with Crippen LogP contribution in [-0.4, -0.2) is 30.3 Å². The molecule has 1 N–H and O–H groups in total. The van der Waals surface area contributed by atoms with E-state index < -0.39 is 0 Å². The Labute approximate surface area is 126 Å². The van der Waals surface area contributed by atoms with Crippen LogP contribution in [0.3, 0.4) is 0 Å². The molecule has 114 valence electrons. The van der Waals surface area contributed by atoms with Gasteiger partial charge in [0.15, 0.2) is 0 Å². The van der Waals surface area contributed by atoms with Crippen LogP contribution in [0.4, 0.5) is 0 Å². The fraction of sp³-hybridized carbons (Fsp3) is 0.529. The molecule has 4 nitrogen and oxygen atoms in total. The molecule has 0 radical (unpaired) electrons. The zero-order valence-corrected chi connectivity index (χ0v) is 13.1. The van der Waals surface area contributed by atoms with Crippen molar-refractivity contribution in [3.63, 3.8) is 0 Å². The molecule has 0 spiro atoms. The molecule has 1 aromatic carbocycles. The second-order valence-corrected chi connectivity index (χ2v) is 5.80. The van der Waals surface area contributed by atoms with Gasteiger partial charge in [0.25, 0.3) is 0 Å². The lowest BCUT2D eigenvalue weighted by molar-refractivity contribution is -0.141. The van der Waals surface area contributed by atoms with Gasteiger partial charge in [-0.25, -0.2) is 0 Å². The Kier molecular flexibility index (Phi) is 4.99. The molecule has 1 fully saturated rings. The average Bonchev–Trinajstić information content (AvgIpc) is 2.48. The summed E-state index contributed by atoms with van der Waals surface area (Å²) in [6.07, 6.45) is 1.99. The minimum atomic E-state index is -0.165. The van der Waals surface area contributed by atoms with Crippen LogP contribution >= 0.6 is 0 Å². The van der Waals surface area contributed by atoms with E-state index in [0.29, 0.717) is 19.4 Å². The van der Waals surface area contributed by atoms with E-state index in [4.69, 9.17) is 0 Å². The first-order chi connectivity index (χ1) is 10.0. The van der Waals surface area contributed by atoms with Crippen molar-refractivity contribution in [3.05, 3.63) is 35.4 Å². The van der Waals surface area contributed by atoms with Gasteiger partial charge in [-0.15, -0.1) is 0 Å². The zero-order valence-electron chi connectivity index (χ0n) is 13.1. The summed E-state index contributed by atoms with van der Waals surface area (Å²) in [7, 11) is 1.80.